The van der Waals surface area contributed by atoms with Gasteiger partial charge in [-0.1, -0.05) is 44.9 Å². The predicted molar refractivity (Wildman–Crippen MR) is 165 cm³/mol. The number of primary amides is 1. The van der Waals surface area contributed by atoms with Crippen molar-refractivity contribution in [3.05, 3.63) is 0 Å². The van der Waals surface area contributed by atoms with Crippen LogP contribution < -0.4 is 48.3 Å². The zero-order valence-corrected chi connectivity index (χ0v) is 27.3. The average molecular weight is 655 g/mol. The van der Waals surface area contributed by atoms with Crippen LogP contribution in [0.25, 0.3) is 0 Å². The SMILES string of the molecule is NC(=O)C1CCCC2C3NC4NC(NC5NC(NC6NC(NC(N3)C12)C1CCCCC61)C1CCCCC51)C1CCCCC41.[Co]. The van der Waals surface area contributed by atoms with Gasteiger partial charge in [0, 0.05) is 28.6 Å². The largest absolute Gasteiger partial charge is 0.369 e. The fourth-order valence-corrected chi connectivity index (χ4v) is 12.4. The Hall–Kier alpha value is -0.344. The molecule has 4 saturated carbocycles. The third-order valence-corrected chi connectivity index (χ3v) is 14.3. The number of fused-ring (bicyclic) bond motifs is 20. The van der Waals surface area contributed by atoms with Gasteiger partial charge in [0.1, 0.15) is 0 Å². The number of nitrogens with one attached hydrogen (secondary N) is 8. The second kappa shape index (κ2) is 12.6. The maximum absolute atomic E-state index is 12.9. The van der Waals surface area contributed by atoms with Gasteiger partial charge >= 0.3 is 0 Å². The van der Waals surface area contributed by atoms with Gasteiger partial charge in [0.15, 0.2) is 0 Å². The van der Waals surface area contributed by atoms with Gasteiger partial charge in [-0.25, -0.2) is 0 Å². The zero-order valence-electron chi connectivity index (χ0n) is 26.2. The number of amides is 1. The fraction of sp³-hybridized carbons (Fsp3) is 0.970. The van der Waals surface area contributed by atoms with Gasteiger partial charge in [0.2, 0.25) is 5.91 Å². The predicted octanol–water partition coefficient (Wildman–Crippen LogP) is 1.31. The Labute approximate surface area is 274 Å². The Morgan fingerprint density at radius 3 is 0.977 bits per heavy atom. The van der Waals surface area contributed by atoms with E-state index in [1.54, 1.807) is 0 Å². The first kappa shape index (κ1) is 31.0. The molecule has 10 N–H and O–H groups in total. The first-order chi connectivity index (χ1) is 21.1. The molecule has 0 spiro atoms. The first-order valence-electron chi connectivity index (χ1n) is 18.5. The maximum Gasteiger partial charge on any atom is 0.220 e. The van der Waals surface area contributed by atoms with Gasteiger partial charge in [-0.15, -0.1) is 0 Å². The summed E-state index contributed by atoms with van der Waals surface area (Å²) in [5.41, 5.74) is 6.12. The van der Waals surface area contributed by atoms with Crippen molar-refractivity contribution >= 4 is 5.91 Å². The molecule has 9 aliphatic rings. The van der Waals surface area contributed by atoms with Crippen LogP contribution >= 0.6 is 0 Å². The minimum atomic E-state index is -0.107. The Kier molecular flexibility index (Phi) is 8.86. The van der Waals surface area contributed by atoms with Gasteiger partial charge in [-0.3, -0.25) is 47.3 Å². The van der Waals surface area contributed by atoms with Crippen molar-refractivity contribution in [2.75, 3.05) is 0 Å². The molecule has 17 unspecified atom stereocenters. The number of hydrogen-bond acceptors (Lipinski definition) is 9. The molecule has 0 aromatic heterocycles. The third-order valence-electron chi connectivity index (χ3n) is 14.3. The summed E-state index contributed by atoms with van der Waals surface area (Å²) >= 11 is 0. The molecule has 5 heterocycles. The molecule has 1 amide bonds. The molecule has 8 bridgehead atoms. The summed E-state index contributed by atoms with van der Waals surface area (Å²) < 4.78 is 0. The third kappa shape index (κ3) is 5.24. The van der Waals surface area contributed by atoms with E-state index in [0.29, 0.717) is 66.1 Å². The van der Waals surface area contributed by atoms with Crippen LogP contribution in [0.4, 0.5) is 0 Å². The molecule has 44 heavy (non-hydrogen) atoms. The quantitative estimate of drug-likeness (QED) is 0.205. The van der Waals surface area contributed by atoms with Crippen LogP contribution in [0.1, 0.15) is 96.3 Å². The summed E-state index contributed by atoms with van der Waals surface area (Å²) in [4.78, 5) is 12.9. The Bertz CT molecular complexity index is 1050. The number of carbonyl (C=O) groups is 1. The summed E-state index contributed by atoms with van der Waals surface area (Å²) in [7, 11) is 0. The van der Waals surface area contributed by atoms with Gasteiger partial charge in [0.05, 0.1) is 49.3 Å². The molecular weight excluding hydrogens is 597 g/mol. The van der Waals surface area contributed by atoms with Crippen LogP contribution in [0.2, 0.25) is 0 Å². The van der Waals surface area contributed by atoms with Crippen molar-refractivity contribution in [3.63, 3.8) is 0 Å². The van der Waals surface area contributed by atoms with Crippen molar-refractivity contribution in [2.24, 2.45) is 59.0 Å². The topological polar surface area (TPSA) is 139 Å². The molecule has 1 radical (unpaired) electrons. The Morgan fingerprint density at radius 2 is 0.659 bits per heavy atom. The van der Waals surface area contributed by atoms with Crippen LogP contribution in [0.15, 0.2) is 0 Å². The second-order valence-electron chi connectivity index (χ2n) is 16.2. The maximum atomic E-state index is 12.9. The smallest absolute Gasteiger partial charge is 0.220 e. The van der Waals surface area contributed by atoms with E-state index in [9.17, 15) is 4.79 Å². The van der Waals surface area contributed by atoms with Crippen LogP contribution in [0.5, 0.6) is 0 Å². The van der Waals surface area contributed by atoms with Crippen molar-refractivity contribution < 1.29 is 21.6 Å². The zero-order chi connectivity index (χ0) is 28.7. The molecule has 17 atom stereocenters. The van der Waals surface area contributed by atoms with E-state index in [4.69, 9.17) is 5.73 Å². The molecule has 5 aliphatic heterocycles. The second-order valence-corrected chi connectivity index (χ2v) is 16.2. The van der Waals surface area contributed by atoms with E-state index in [0.717, 1.165) is 19.3 Å². The molecule has 11 heteroatoms. The van der Waals surface area contributed by atoms with Gasteiger partial charge in [-0.05, 0) is 92.8 Å². The van der Waals surface area contributed by atoms with Crippen molar-refractivity contribution in [1.82, 2.24) is 42.5 Å². The number of nitrogens with two attached hydrogens (primary N) is 1. The standard InChI is InChI=1S/C33H57N9O.Co/c34-25(43)22-14-7-15-23-24(22)33-41-31-21-13-6-5-12-20(21)29(39-31)37-27-17-9-2-1-8-16(17)26(35-27)36-28-18-10-3-4-11-19(18)30(38-28)40-32(23)42-33;/h16-24,26-33,35-42H,1-15H2,(H2,34,43);. The molecular formula is C33H57CoN9O. The molecule has 10 nitrogen and oxygen atoms in total. The van der Waals surface area contributed by atoms with E-state index < -0.39 is 0 Å². The number of carbonyl (C=O) groups excluding carboxylic acids is 1. The van der Waals surface area contributed by atoms with Gasteiger partial charge in [-0.2, -0.15) is 0 Å². The minimum absolute atomic E-state index is 0. The normalized spacial score (nSPS) is 54.8. The van der Waals surface area contributed by atoms with Crippen LogP contribution in [-0.4, -0.2) is 55.2 Å². The van der Waals surface area contributed by atoms with Crippen molar-refractivity contribution in [2.45, 2.75) is 146 Å². The molecule has 9 rings (SSSR count). The minimum Gasteiger partial charge on any atom is -0.369 e. The molecule has 0 aromatic carbocycles. The number of hydrogen-bond donors (Lipinski definition) is 9. The molecule has 0 aromatic rings. The molecule has 4 aliphatic carbocycles. The van der Waals surface area contributed by atoms with Crippen LogP contribution in [0, 0.1) is 53.3 Å². The summed E-state index contributed by atoms with van der Waals surface area (Å²) in [5, 5.41) is 33.2. The average Bonchev–Trinajstić information content (AvgIpc) is 3.76. The van der Waals surface area contributed by atoms with E-state index in [1.807, 2.05) is 0 Å². The first-order valence-corrected chi connectivity index (χ1v) is 18.5. The van der Waals surface area contributed by atoms with Crippen molar-refractivity contribution in [1.29, 1.82) is 0 Å². The molecule has 9 fully saturated rings. The fourth-order valence-electron chi connectivity index (χ4n) is 12.4. The van der Waals surface area contributed by atoms with Crippen molar-refractivity contribution in [3.8, 4) is 0 Å². The van der Waals surface area contributed by atoms with Crippen LogP contribution in [0.3, 0.4) is 0 Å². The Morgan fingerprint density at radius 1 is 0.386 bits per heavy atom. The Balaban J connectivity index is 0.00000289. The van der Waals surface area contributed by atoms with Gasteiger partial charge < -0.3 is 5.73 Å². The van der Waals surface area contributed by atoms with E-state index in [-0.39, 0.29) is 59.2 Å². The molecule has 5 saturated heterocycles. The summed E-state index contributed by atoms with van der Waals surface area (Å²) in [6.45, 7) is 0. The van der Waals surface area contributed by atoms with E-state index >= 15 is 0 Å². The van der Waals surface area contributed by atoms with Gasteiger partial charge in [0.25, 0.3) is 0 Å². The van der Waals surface area contributed by atoms with Crippen LogP contribution in [-0.2, 0) is 21.6 Å². The molecule has 249 valence electrons. The summed E-state index contributed by atoms with van der Waals surface area (Å²) in [6, 6.07) is 0. The number of rotatable bonds is 1. The summed E-state index contributed by atoms with van der Waals surface area (Å²) in [5.74, 6) is 4.41. The van der Waals surface area contributed by atoms with E-state index in [1.165, 1.54) is 77.0 Å². The monoisotopic (exact) mass is 654 g/mol. The summed E-state index contributed by atoms with van der Waals surface area (Å²) in [6.07, 6.45) is 21.2. The van der Waals surface area contributed by atoms with E-state index in [2.05, 4.69) is 42.5 Å².